The van der Waals surface area contributed by atoms with Gasteiger partial charge in [0.2, 0.25) is 0 Å². The number of rotatable bonds is 3. The van der Waals surface area contributed by atoms with Crippen LogP contribution in [0, 0.1) is 11.7 Å². The minimum absolute atomic E-state index is 0.0562. The number of benzene rings is 1. The van der Waals surface area contributed by atoms with Gasteiger partial charge >= 0.3 is 0 Å². The molecule has 3 heteroatoms. The fourth-order valence-electron chi connectivity index (χ4n) is 1.16. The zero-order chi connectivity index (χ0) is 10.7. The zero-order valence-electron chi connectivity index (χ0n) is 8.18. The Labute approximate surface area is 91.5 Å². The quantitative estimate of drug-likeness (QED) is 0.754. The van der Waals surface area contributed by atoms with Gasteiger partial charge in [-0.25, -0.2) is 4.39 Å². The first-order valence-corrected chi connectivity index (χ1v) is 5.28. The second-order valence-electron chi connectivity index (χ2n) is 3.65. The zero-order valence-corrected chi connectivity index (χ0v) is 9.77. The highest BCUT2D eigenvalue weighted by Crippen LogP contribution is 2.18. The van der Waals surface area contributed by atoms with E-state index in [9.17, 15) is 9.18 Å². The number of hydrogen-bond donors (Lipinski definition) is 0. The van der Waals surface area contributed by atoms with Crippen LogP contribution in [0.25, 0.3) is 0 Å². The number of halogens is 2. The molecule has 0 heterocycles. The molecule has 1 aromatic rings. The number of carbonyl (C=O) groups excluding carboxylic acids is 1. The fraction of sp³-hybridized carbons (Fsp3) is 0.364. The van der Waals surface area contributed by atoms with Crippen LogP contribution in [0.15, 0.2) is 22.7 Å². The molecule has 0 fully saturated rings. The Morgan fingerprint density at radius 1 is 1.50 bits per heavy atom. The molecule has 0 saturated carbocycles. The number of ketones is 1. The molecule has 1 nitrogen and oxygen atoms in total. The predicted molar refractivity (Wildman–Crippen MR) is 57.9 cm³/mol. The molecule has 0 atom stereocenters. The number of carbonyl (C=O) groups is 1. The van der Waals surface area contributed by atoms with E-state index in [0.717, 1.165) is 0 Å². The van der Waals surface area contributed by atoms with Gasteiger partial charge in [0.1, 0.15) is 5.82 Å². The second kappa shape index (κ2) is 4.69. The van der Waals surface area contributed by atoms with Gasteiger partial charge in [0.05, 0.1) is 4.47 Å². The highest BCUT2D eigenvalue weighted by atomic mass is 79.9. The Bertz CT molecular complexity index is 347. The van der Waals surface area contributed by atoms with Crippen LogP contribution in [0.2, 0.25) is 0 Å². The van der Waals surface area contributed by atoms with E-state index in [1.807, 2.05) is 13.8 Å². The van der Waals surface area contributed by atoms with Crippen molar-refractivity contribution in [2.45, 2.75) is 20.3 Å². The average molecular weight is 259 g/mol. The van der Waals surface area contributed by atoms with Crippen molar-refractivity contribution in [1.82, 2.24) is 0 Å². The van der Waals surface area contributed by atoms with E-state index in [1.165, 1.54) is 18.2 Å². The van der Waals surface area contributed by atoms with Crippen molar-refractivity contribution in [1.29, 1.82) is 0 Å². The molecule has 1 aromatic carbocycles. The van der Waals surface area contributed by atoms with Crippen LogP contribution < -0.4 is 0 Å². The van der Waals surface area contributed by atoms with Gasteiger partial charge in [-0.1, -0.05) is 13.8 Å². The third-order valence-electron chi connectivity index (χ3n) is 1.84. The van der Waals surface area contributed by atoms with E-state index in [2.05, 4.69) is 15.9 Å². The molecule has 14 heavy (non-hydrogen) atoms. The molecule has 0 N–H and O–H groups in total. The summed E-state index contributed by atoms with van der Waals surface area (Å²) in [6.45, 7) is 3.97. The Morgan fingerprint density at radius 3 is 2.64 bits per heavy atom. The Kier molecular flexibility index (Phi) is 3.81. The first-order valence-electron chi connectivity index (χ1n) is 4.49. The average Bonchev–Trinajstić information content (AvgIpc) is 2.08. The van der Waals surface area contributed by atoms with Gasteiger partial charge in [0.15, 0.2) is 5.78 Å². The largest absolute Gasteiger partial charge is 0.294 e. The standard InChI is InChI=1S/C11H12BrFO/c1-7(2)5-11(14)8-3-4-10(13)9(12)6-8/h3-4,6-7H,5H2,1-2H3. The van der Waals surface area contributed by atoms with Gasteiger partial charge in [-0.05, 0) is 40.0 Å². The van der Waals surface area contributed by atoms with E-state index < -0.39 is 0 Å². The molecule has 0 aliphatic carbocycles. The maximum atomic E-state index is 12.9. The predicted octanol–water partition coefficient (Wildman–Crippen LogP) is 3.82. The van der Waals surface area contributed by atoms with Gasteiger partial charge in [-0.2, -0.15) is 0 Å². The lowest BCUT2D eigenvalue weighted by atomic mass is 10.0. The molecular formula is C11H12BrFO. The van der Waals surface area contributed by atoms with Crippen LogP contribution in [0.4, 0.5) is 4.39 Å². The molecule has 1 rings (SSSR count). The Morgan fingerprint density at radius 2 is 2.14 bits per heavy atom. The van der Waals surface area contributed by atoms with E-state index in [-0.39, 0.29) is 11.6 Å². The van der Waals surface area contributed by atoms with Gasteiger partial charge in [-0.3, -0.25) is 4.79 Å². The van der Waals surface area contributed by atoms with Crippen molar-refractivity contribution in [3.8, 4) is 0 Å². The number of Topliss-reactive ketones (excluding diaryl/α,β-unsaturated/α-hetero) is 1. The van der Waals surface area contributed by atoms with Crippen LogP contribution in [0.3, 0.4) is 0 Å². The Balaban J connectivity index is 2.86. The lowest BCUT2D eigenvalue weighted by molar-refractivity contribution is 0.0968. The minimum atomic E-state index is -0.342. The summed E-state index contributed by atoms with van der Waals surface area (Å²) >= 11 is 3.05. The third-order valence-corrected chi connectivity index (χ3v) is 2.44. The third kappa shape index (κ3) is 2.91. The summed E-state index contributed by atoms with van der Waals surface area (Å²) in [4.78, 5) is 11.6. The van der Waals surface area contributed by atoms with Crippen LogP contribution in [-0.4, -0.2) is 5.78 Å². The van der Waals surface area contributed by atoms with E-state index in [1.54, 1.807) is 0 Å². The molecule has 0 unspecified atom stereocenters. The molecular weight excluding hydrogens is 247 g/mol. The molecule has 0 aromatic heterocycles. The van der Waals surface area contributed by atoms with Gasteiger partial charge in [-0.15, -0.1) is 0 Å². The number of hydrogen-bond acceptors (Lipinski definition) is 1. The second-order valence-corrected chi connectivity index (χ2v) is 4.50. The van der Waals surface area contributed by atoms with Crippen molar-refractivity contribution in [3.63, 3.8) is 0 Å². The molecule has 0 spiro atoms. The first kappa shape index (κ1) is 11.4. The van der Waals surface area contributed by atoms with E-state index in [0.29, 0.717) is 22.4 Å². The van der Waals surface area contributed by atoms with Crippen molar-refractivity contribution in [3.05, 3.63) is 34.1 Å². The summed E-state index contributed by atoms with van der Waals surface area (Å²) < 4.78 is 13.2. The maximum absolute atomic E-state index is 12.9. The van der Waals surface area contributed by atoms with Crippen LogP contribution in [-0.2, 0) is 0 Å². The Hall–Kier alpha value is -0.700. The molecule has 0 amide bonds. The summed E-state index contributed by atoms with van der Waals surface area (Å²) in [5.74, 6) is 0.0399. The topological polar surface area (TPSA) is 17.1 Å². The maximum Gasteiger partial charge on any atom is 0.163 e. The lowest BCUT2D eigenvalue weighted by Crippen LogP contribution is -2.03. The molecule has 0 aliphatic heterocycles. The lowest BCUT2D eigenvalue weighted by Gasteiger charge is -2.04. The summed E-state index contributed by atoms with van der Waals surface area (Å²) in [6, 6.07) is 4.35. The normalized spacial score (nSPS) is 10.6. The van der Waals surface area contributed by atoms with Crippen LogP contribution in [0.1, 0.15) is 30.6 Å². The first-order chi connectivity index (χ1) is 6.50. The monoisotopic (exact) mass is 258 g/mol. The van der Waals surface area contributed by atoms with Crippen molar-refractivity contribution < 1.29 is 9.18 Å². The van der Waals surface area contributed by atoms with E-state index >= 15 is 0 Å². The summed E-state index contributed by atoms with van der Waals surface area (Å²) in [7, 11) is 0. The van der Waals surface area contributed by atoms with Crippen molar-refractivity contribution in [2.24, 2.45) is 5.92 Å². The minimum Gasteiger partial charge on any atom is -0.294 e. The molecule has 0 bridgehead atoms. The van der Waals surface area contributed by atoms with Crippen LogP contribution in [0.5, 0.6) is 0 Å². The van der Waals surface area contributed by atoms with Crippen molar-refractivity contribution in [2.75, 3.05) is 0 Å². The van der Waals surface area contributed by atoms with E-state index in [4.69, 9.17) is 0 Å². The van der Waals surface area contributed by atoms with Gasteiger partial charge in [0, 0.05) is 12.0 Å². The smallest absolute Gasteiger partial charge is 0.163 e. The highest BCUT2D eigenvalue weighted by molar-refractivity contribution is 9.10. The summed E-state index contributed by atoms with van der Waals surface area (Å²) in [6.07, 6.45) is 0.498. The molecule has 0 radical (unpaired) electrons. The summed E-state index contributed by atoms with van der Waals surface area (Å²) in [5.41, 5.74) is 0.562. The SMILES string of the molecule is CC(C)CC(=O)c1ccc(F)c(Br)c1. The molecule has 0 saturated heterocycles. The molecule has 76 valence electrons. The molecule has 0 aliphatic rings. The fourth-order valence-corrected chi connectivity index (χ4v) is 1.54. The highest BCUT2D eigenvalue weighted by Gasteiger charge is 2.09. The van der Waals surface area contributed by atoms with Gasteiger partial charge in [0.25, 0.3) is 0 Å². The van der Waals surface area contributed by atoms with Gasteiger partial charge < -0.3 is 0 Å². The van der Waals surface area contributed by atoms with Crippen LogP contribution >= 0.6 is 15.9 Å². The summed E-state index contributed by atoms with van der Waals surface area (Å²) in [5, 5.41) is 0. The van der Waals surface area contributed by atoms with Crippen molar-refractivity contribution >= 4 is 21.7 Å².